The monoisotopic (exact) mass is 197 g/mol. The zero-order chi connectivity index (χ0) is 9.42. The van der Waals surface area contributed by atoms with Crippen LogP contribution < -0.4 is 10.5 Å². The summed E-state index contributed by atoms with van der Waals surface area (Å²) in [5.41, 5.74) is 6.00. The lowest BCUT2D eigenvalue weighted by atomic mass is 10.0. The van der Waals surface area contributed by atoms with Gasteiger partial charge < -0.3 is 10.5 Å². The second kappa shape index (κ2) is 3.01. The first-order valence-electron chi connectivity index (χ1n) is 3.90. The lowest BCUT2D eigenvalue weighted by Crippen LogP contribution is -2.40. The molecule has 0 bridgehead atoms. The van der Waals surface area contributed by atoms with Crippen molar-refractivity contribution < 1.29 is 9.53 Å². The maximum absolute atomic E-state index is 11.5. The van der Waals surface area contributed by atoms with E-state index in [0.717, 1.165) is 0 Å². The Morgan fingerprint density at radius 3 is 3.08 bits per heavy atom. The quantitative estimate of drug-likeness (QED) is 0.681. The third-order valence-corrected chi connectivity index (χ3v) is 2.20. The fraction of sp³-hybridized carbons (Fsp3) is 0.222. The fourth-order valence-corrected chi connectivity index (χ4v) is 1.45. The molecule has 2 rings (SSSR count). The van der Waals surface area contributed by atoms with E-state index in [1.54, 1.807) is 18.2 Å². The number of carbonyl (C=O) groups excluding carboxylic acids is 1. The first kappa shape index (κ1) is 8.53. The van der Waals surface area contributed by atoms with Crippen molar-refractivity contribution in [3.05, 3.63) is 28.8 Å². The minimum absolute atomic E-state index is 0.108. The molecule has 1 atom stereocenters. The second-order valence-electron chi connectivity index (χ2n) is 2.92. The Labute approximate surface area is 80.4 Å². The summed E-state index contributed by atoms with van der Waals surface area (Å²) in [7, 11) is 0. The highest BCUT2D eigenvalue weighted by Gasteiger charge is 2.25. The first-order chi connectivity index (χ1) is 6.18. The predicted octanol–water partition coefficient (Wildman–Crippen LogP) is 1.24. The smallest absolute Gasteiger partial charge is 0.186 e. The van der Waals surface area contributed by atoms with Crippen LogP contribution in [0.5, 0.6) is 5.75 Å². The van der Waals surface area contributed by atoms with Gasteiger partial charge in [-0.1, -0.05) is 11.6 Å². The number of nitrogens with two attached hydrogens (primary N) is 1. The van der Waals surface area contributed by atoms with E-state index in [9.17, 15) is 4.79 Å². The molecule has 68 valence electrons. The number of hydrogen-bond donors (Lipinski definition) is 1. The number of ketones is 1. The summed E-state index contributed by atoms with van der Waals surface area (Å²) >= 11 is 5.74. The van der Waals surface area contributed by atoms with Crippen molar-refractivity contribution in [3.63, 3.8) is 0 Å². The highest BCUT2D eigenvalue weighted by Crippen LogP contribution is 2.26. The van der Waals surface area contributed by atoms with Crippen LogP contribution in [0.15, 0.2) is 18.2 Å². The van der Waals surface area contributed by atoms with Gasteiger partial charge in [0.05, 0.1) is 5.56 Å². The summed E-state index contributed by atoms with van der Waals surface area (Å²) in [6, 6.07) is 4.38. The summed E-state index contributed by atoms with van der Waals surface area (Å²) in [5, 5.41) is 0.518. The molecule has 2 N–H and O–H groups in total. The van der Waals surface area contributed by atoms with Gasteiger partial charge in [-0.3, -0.25) is 4.79 Å². The van der Waals surface area contributed by atoms with Gasteiger partial charge in [0.1, 0.15) is 18.4 Å². The average Bonchev–Trinajstić information content (AvgIpc) is 2.12. The third-order valence-electron chi connectivity index (χ3n) is 1.96. The van der Waals surface area contributed by atoms with Gasteiger partial charge in [0, 0.05) is 5.02 Å². The maximum Gasteiger partial charge on any atom is 0.186 e. The van der Waals surface area contributed by atoms with E-state index in [1.807, 2.05) is 0 Å². The van der Waals surface area contributed by atoms with Gasteiger partial charge in [-0.05, 0) is 18.2 Å². The Hall–Kier alpha value is -1.06. The van der Waals surface area contributed by atoms with E-state index < -0.39 is 6.04 Å². The molecule has 0 fully saturated rings. The molecule has 1 heterocycles. The number of Topliss-reactive ketones (excluding diaryl/α,β-unsaturated/α-hetero) is 1. The van der Waals surface area contributed by atoms with Gasteiger partial charge in [0.15, 0.2) is 5.78 Å². The van der Waals surface area contributed by atoms with Gasteiger partial charge in [0.25, 0.3) is 0 Å². The van der Waals surface area contributed by atoms with Gasteiger partial charge in [0.2, 0.25) is 0 Å². The Balaban J connectivity index is 2.51. The van der Waals surface area contributed by atoms with Crippen molar-refractivity contribution in [2.24, 2.45) is 5.73 Å². The molecule has 1 aromatic carbocycles. The second-order valence-corrected chi connectivity index (χ2v) is 3.36. The summed E-state index contributed by atoms with van der Waals surface area (Å²) in [6.07, 6.45) is 0. The third kappa shape index (κ3) is 1.41. The molecule has 1 aliphatic rings. The first-order valence-corrected chi connectivity index (χ1v) is 4.28. The molecule has 13 heavy (non-hydrogen) atoms. The van der Waals surface area contributed by atoms with Crippen molar-refractivity contribution in [2.45, 2.75) is 6.04 Å². The van der Waals surface area contributed by atoms with Gasteiger partial charge in [-0.15, -0.1) is 0 Å². The van der Waals surface area contributed by atoms with Crippen LogP contribution in [0.3, 0.4) is 0 Å². The van der Waals surface area contributed by atoms with E-state index in [2.05, 4.69) is 0 Å². The van der Waals surface area contributed by atoms with E-state index >= 15 is 0 Å². The molecule has 0 saturated carbocycles. The molecule has 0 radical (unpaired) electrons. The van der Waals surface area contributed by atoms with E-state index in [-0.39, 0.29) is 12.4 Å². The SMILES string of the molecule is NC1COc2ccc(Cl)cc2C1=O. The number of carbonyl (C=O) groups is 1. The zero-order valence-electron chi connectivity index (χ0n) is 6.79. The molecule has 4 heteroatoms. The largest absolute Gasteiger partial charge is 0.491 e. The Morgan fingerprint density at radius 2 is 2.31 bits per heavy atom. The fourth-order valence-electron chi connectivity index (χ4n) is 1.28. The van der Waals surface area contributed by atoms with E-state index in [4.69, 9.17) is 22.1 Å². The summed E-state index contributed by atoms with van der Waals surface area (Å²) in [5.74, 6) is 0.458. The lowest BCUT2D eigenvalue weighted by molar-refractivity contribution is 0.0900. The van der Waals surface area contributed by atoms with Crippen LogP contribution >= 0.6 is 11.6 Å². The molecular formula is C9H8ClNO2. The van der Waals surface area contributed by atoms with Gasteiger partial charge in [-0.2, -0.15) is 0 Å². The molecule has 0 aliphatic carbocycles. The van der Waals surface area contributed by atoms with Crippen LogP contribution in [0.2, 0.25) is 5.02 Å². The molecule has 0 amide bonds. The minimum atomic E-state index is -0.564. The molecule has 1 unspecified atom stereocenters. The summed E-state index contributed by atoms with van der Waals surface area (Å²) in [4.78, 5) is 11.5. The number of hydrogen-bond acceptors (Lipinski definition) is 3. The van der Waals surface area contributed by atoms with Crippen LogP contribution in [0.1, 0.15) is 10.4 Å². The van der Waals surface area contributed by atoms with Crippen molar-refractivity contribution in [1.82, 2.24) is 0 Å². The molecular weight excluding hydrogens is 190 g/mol. The normalized spacial score (nSPS) is 20.8. The lowest BCUT2D eigenvalue weighted by Gasteiger charge is -2.20. The number of fused-ring (bicyclic) bond motifs is 1. The molecule has 0 spiro atoms. The predicted molar refractivity (Wildman–Crippen MR) is 49.3 cm³/mol. The number of ether oxygens (including phenoxy) is 1. The Morgan fingerprint density at radius 1 is 1.54 bits per heavy atom. The average molecular weight is 198 g/mol. The summed E-state index contributed by atoms with van der Waals surface area (Å²) < 4.78 is 5.26. The highest BCUT2D eigenvalue weighted by molar-refractivity contribution is 6.31. The van der Waals surface area contributed by atoms with E-state index in [1.165, 1.54) is 0 Å². The molecule has 0 aromatic heterocycles. The van der Waals surface area contributed by atoms with Crippen molar-refractivity contribution >= 4 is 17.4 Å². The minimum Gasteiger partial charge on any atom is -0.491 e. The Kier molecular flexibility index (Phi) is 1.98. The molecule has 0 saturated heterocycles. The summed E-state index contributed by atoms with van der Waals surface area (Å²) in [6.45, 7) is 0.244. The van der Waals surface area contributed by atoms with E-state index in [0.29, 0.717) is 16.3 Å². The standard InChI is InChI=1S/C9H8ClNO2/c10-5-1-2-8-6(3-5)9(12)7(11)4-13-8/h1-3,7H,4,11H2. The van der Waals surface area contributed by atoms with Crippen molar-refractivity contribution in [1.29, 1.82) is 0 Å². The van der Waals surface area contributed by atoms with Crippen molar-refractivity contribution in [3.8, 4) is 5.75 Å². The van der Waals surface area contributed by atoms with Crippen LogP contribution in [0, 0.1) is 0 Å². The van der Waals surface area contributed by atoms with Gasteiger partial charge in [-0.25, -0.2) is 0 Å². The van der Waals surface area contributed by atoms with Crippen LogP contribution in [0.25, 0.3) is 0 Å². The number of benzene rings is 1. The van der Waals surface area contributed by atoms with Crippen LogP contribution in [-0.4, -0.2) is 18.4 Å². The molecule has 3 nitrogen and oxygen atoms in total. The maximum atomic E-state index is 11.5. The Bertz CT molecular complexity index is 365. The van der Waals surface area contributed by atoms with Crippen LogP contribution in [-0.2, 0) is 0 Å². The topological polar surface area (TPSA) is 52.3 Å². The van der Waals surface area contributed by atoms with Crippen LogP contribution in [0.4, 0.5) is 0 Å². The van der Waals surface area contributed by atoms with Crippen molar-refractivity contribution in [2.75, 3.05) is 6.61 Å². The number of rotatable bonds is 0. The number of halogens is 1. The molecule has 1 aliphatic heterocycles. The molecule has 1 aromatic rings. The van der Waals surface area contributed by atoms with Gasteiger partial charge >= 0.3 is 0 Å². The highest BCUT2D eigenvalue weighted by atomic mass is 35.5. The zero-order valence-corrected chi connectivity index (χ0v) is 7.54.